The summed E-state index contributed by atoms with van der Waals surface area (Å²) in [5, 5.41) is 6.65. The second kappa shape index (κ2) is 10.3. The van der Waals surface area contributed by atoms with Gasteiger partial charge in [0.05, 0.1) is 31.4 Å². The van der Waals surface area contributed by atoms with Crippen molar-refractivity contribution in [1.82, 2.24) is 0 Å². The number of cyclic esters (lactones) is 1. The Labute approximate surface area is 186 Å². The Hall–Kier alpha value is -3.07. The number of nitrogens with one attached hydrogen (secondary N) is 1. The monoisotopic (exact) mass is 446 g/mol. The highest BCUT2D eigenvalue weighted by atomic mass is 32.2. The van der Waals surface area contributed by atoms with Crippen LogP contribution in [0.1, 0.15) is 32.3 Å². The summed E-state index contributed by atoms with van der Waals surface area (Å²) < 4.78 is 26.9. The fourth-order valence-corrected chi connectivity index (χ4v) is 3.49. The highest BCUT2D eigenvalue weighted by Gasteiger charge is 2.33. The van der Waals surface area contributed by atoms with Crippen molar-refractivity contribution >= 4 is 30.0 Å². The molecule has 31 heavy (non-hydrogen) atoms. The molecular weight excluding hydrogens is 420 g/mol. The van der Waals surface area contributed by atoms with Crippen molar-refractivity contribution in [2.24, 2.45) is 5.16 Å². The van der Waals surface area contributed by atoms with Crippen LogP contribution >= 0.6 is 12.0 Å². The lowest BCUT2D eigenvalue weighted by Gasteiger charge is -2.32. The smallest absolute Gasteiger partial charge is 0.412 e. The van der Waals surface area contributed by atoms with Gasteiger partial charge in [0.25, 0.3) is 0 Å². The minimum atomic E-state index is -0.702. The number of fused-ring (bicyclic) bond motifs is 1. The molecule has 0 aliphatic carbocycles. The molecule has 3 rings (SSSR count). The molecule has 0 atom stereocenters. The largest absolute Gasteiger partial charge is 0.494 e. The summed E-state index contributed by atoms with van der Waals surface area (Å²) in [5.74, 6) is 2.02. The Bertz CT molecular complexity index is 948. The summed E-state index contributed by atoms with van der Waals surface area (Å²) in [6.07, 6.45) is 2.75. The first-order valence-corrected chi connectivity index (χ1v) is 10.5. The van der Waals surface area contributed by atoms with Crippen molar-refractivity contribution in [2.75, 3.05) is 26.1 Å². The second-order valence-electron chi connectivity index (χ2n) is 7.19. The van der Waals surface area contributed by atoms with Gasteiger partial charge >= 0.3 is 6.09 Å². The number of hydrogen-bond donors (Lipinski definition) is 1. The van der Waals surface area contributed by atoms with Crippen molar-refractivity contribution < 1.29 is 28.0 Å². The van der Waals surface area contributed by atoms with E-state index in [0.717, 1.165) is 40.4 Å². The maximum atomic E-state index is 11.6. The van der Waals surface area contributed by atoms with Crippen LogP contribution in [-0.4, -0.2) is 33.1 Å². The van der Waals surface area contributed by atoms with Crippen LogP contribution < -0.4 is 19.5 Å². The zero-order valence-electron chi connectivity index (χ0n) is 18.0. The molecule has 1 N–H and O–H groups in total. The molecule has 0 unspecified atom stereocenters. The Morgan fingerprint density at radius 3 is 2.71 bits per heavy atom. The van der Waals surface area contributed by atoms with Crippen LogP contribution in [-0.2, 0) is 14.6 Å². The maximum absolute atomic E-state index is 11.6. The second-order valence-corrected chi connectivity index (χ2v) is 7.97. The first kappa shape index (κ1) is 22.6. The molecule has 0 saturated heterocycles. The molecule has 0 aromatic heterocycles. The Kier molecular flexibility index (Phi) is 7.51. The van der Waals surface area contributed by atoms with Crippen molar-refractivity contribution in [3.05, 3.63) is 42.0 Å². The summed E-state index contributed by atoms with van der Waals surface area (Å²) in [6, 6.07) is 11.1. The summed E-state index contributed by atoms with van der Waals surface area (Å²) in [6.45, 7) is 4.23. The molecule has 1 aliphatic rings. The molecule has 1 amide bonds. The van der Waals surface area contributed by atoms with E-state index >= 15 is 0 Å². The van der Waals surface area contributed by atoms with Crippen molar-refractivity contribution in [1.29, 1.82) is 0 Å². The van der Waals surface area contributed by atoms with E-state index in [-0.39, 0.29) is 0 Å². The van der Waals surface area contributed by atoms with Gasteiger partial charge in [0.2, 0.25) is 0 Å². The van der Waals surface area contributed by atoms with E-state index in [2.05, 4.69) is 10.5 Å². The normalized spacial score (nSPS) is 14.4. The number of benzene rings is 2. The van der Waals surface area contributed by atoms with E-state index in [9.17, 15) is 4.79 Å². The number of nitrogens with zero attached hydrogens (tertiary/aromatic N) is 1. The zero-order valence-corrected chi connectivity index (χ0v) is 18.8. The van der Waals surface area contributed by atoms with Gasteiger partial charge in [-0.1, -0.05) is 5.16 Å². The van der Waals surface area contributed by atoms with Crippen LogP contribution in [0.3, 0.4) is 0 Å². The standard InChI is InChI=1S/C22H26N2O6S/c1-22(2)17-13-15(7-9-18(17)24-21(25)29-22)28-12-6-5-11-23-30-31-16-8-10-19(26-3)20(14-16)27-4/h7-11,13-14H,5-6,12H2,1-4H3,(H,24,25). The first-order chi connectivity index (χ1) is 14.9. The Morgan fingerprint density at radius 1 is 1.13 bits per heavy atom. The third-order valence-corrected chi connectivity index (χ3v) is 5.18. The summed E-state index contributed by atoms with van der Waals surface area (Å²) in [4.78, 5) is 12.4. The molecule has 1 aliphatic heterocycles. The molecule has 0 spiro atoms. The summed E-state index contributed by atoms with van der Waals surface area (Å²) in [7, 11) is 3.18. The number of hydrogen-bond acceptors (Lipinski definition) is 8. The Morgan fingerprint density at radius 2 is 1.94 bits per heavy atom. The minimum absolute atomic E-state index is 0.447. The van der Waals surface area contributed by atoms with Crippen molar-refractivity contribution in [3.63, 3.8) is 0 Å². The molecular formula is C22H26N2O6S. The van der Waals surface area contributed by atoms with Crippen LogP contribution in [0.25, 0.3) is 0 Å². The highest BCUT2D eigenvalue weighted by molar-refractivity contribution is 7.94. The highest BCUT2D eigenvalue weighted by Crippen LogP contribution is 2.37. The van der Waals surface area contributed by atoms with Crippen LogP contribution in [0.5, 0.6) is 17.2 Å². The lowest BCUT2D eigenvalue weighted by molar-refractivity contribution is 0.0418. The average Bonchev–Trinajstić information content (AvgIpc) is 2.75. The molecule has 166 valence electrons. The first-order valence-electron chi connectivity index (χ1n) is 9.78. The number of carbonyl (C=O) groups excluding carboxylic acids is 1. The van der Waals surface area contributed by atoms with E-state index in [1.54, 1.807) is 20.4 Å². The minimum Gasteiger partial charge on any atom is -0.494 e. The SMILES string of the molecule is COc1ccc(SON=CCCCOc2ccc3c(c2)C(C)(C)OC(=O)N3)cc1OC. The molecule has 0 fully saturated rings. The van der Waals surface area contributed by atoms with Gasteiger partial charge in [-0.3, -0.25) is 5.32 Å². The summed E-state index contributed by atoms with van der Waals surface area (Å²) >= 11 is 1.14. The lowest BCUT2D eigenvalue weighted by atomic mass is 9.94. The van der Waals surface area contributed by atoms with Gasteiger partial charge in [0.1, 0.15) is 23.4 Å². The zero-order chi connectivity index (χ0) is 22.3. The van der Waals surface area contributed by atoms with E-state index < -0.39 is 11.7 Å². The number of unbranched alkanes of at least 4 members (excludes halogenated alkanes) is 1. The summed E-state index contributed by atoms with van der Waals surface area (Å²) in [5.41, 5.74) is 0.920. The van der Waals surface area contributed by atoms with Gasteiger partial charge in [0.15, 0.2) is 11.5 Å². The number of oxime groups is 1. The lowest BCUT2D eigenvalue weighted by Crippen LogP contribution is -2.34. The van der Waals surface area contributed by atoms with Gasteiger partial charge in [-0.25, -0.2) is 4.79 Å². The average molecular weight is 447 g/mol. The topological polar surface area (TPSA) is 87.6 Å². The molecule has 0 saturated carbocycles. The number of ether oxygens (including phenoxy) is 4. The molecule has 8 nitrogen and oxygen atoms in total. The number of methoxy groups -OCH3 is 2. The number of amides is 1. The quantitative estimate of drug-likeness (QED) is 0.227. The third-order valence-electron chi connectivity index (χ3n) is 4.58. The van der Waals surface area contributed by atoms with Gasteiger partial charge in [0, 0.05) is 17.8 Å². The van der Waals surface area contributed by atoms with Crippen molar-refractivity contribution in [2.45, 2.75) is 37.2 Å². The van der Waals surface area contributed by atoms with Crippen LogP contribution in [0.2, 0.25) is 0 Å². The van der Waals surface area contributed by atoms with Crippen LogP contribution in [0.4, 0.5) is 10.5 Å². The van der Waals surface area contributed by atoms with Gasteiger partial charge in [-0.15, -0.1) is 0 Å². The molecule has 1 heterocycles. The van der Waals surface area contributed by atoms with E-state index in [1.807, 2.05) is 50.2 Å². The fourth-order valence-electron chi connectivity index (χ4n) is 3.02. The number of carbonyl (C=O) groups is 1. The maximum Gasteiger partial charge on any atom is 0.412 e. The van der Waals surface area contributed by atoms with Crippen LogP contribution in [0.15, 0.2) is 46.4 Å². The predicted octanol–water partition coefficient (Wildman–Crippen LogP) is 5.37. The molecule has 0 radical (unpaired) electrons. The number of rotatable bonds is 10. The van der Waals surface area contributed by atoms with E-state index in [4.69, 9.17) is 23.2 Å². The van der Waals surface area contributed by atoms with E-state index in [0.29, 0.717) is 24.5 Å². The van der Waals surface area contributed by atoms with Gasteiger partial charge in [-0.2, -0.15) is 0 Å². The Balaban J connectivity index is 1.39. The van der Waals surface area contributed by atoms with Crippen molar-refractivity contribution in [3.8, 4) is 17.2 Å². The third kappa shape index (κ3) is 5.97. The van der Waals surface area contributed by atoms with Gasteiger partial charge < -0.3 is 23.2 Å². The molecule has 2 aromatic rings. The van der Waals surface area contributed by atoms with Crippen LogP contribution in [0, 0.1) is 0 Å². The van der Waals surface area contributed by atoms with Gasteiger partial charge in [-0.05, 0) is 57.0 Å². The fraction of sp³-hybridized carbons (Fsp3) is 0.364. The van der Waals surface area contributed by atoms with E-state index in [1.165, 1.54) is 0 Å². The molecule has 0 bridgehead atoms. The number of anilines is 1. The molecule has 9 heteroatoms. The predicted molar refractivity (Wildman–Crippen MR) is 119 cm³/mol. The molecule has 2 aromatic carbocycles.